The van der Waals surface area contributed by atoms with Crippen molar-refractivity contribution in [3.8, 4) is 0 Å². The summed E-state index contributed by atoms with van der Waals surface area (Å²) in [6.07, 6.45) is 1.85. The minimum absolute atomic E-state index is 0.202. The Bertz CT molecular complexity index is 514. The fourth-order valence-corrected chi connectivity index (χ4v) is 1.55. The number of aliphatic imine (C=N–C) groups is 1. The lowest BCUT2D eigenvalue weighted by Gasteiger charge is -2.11. The highest BCUT2D eigenvalue weighted by Crippen LogP contribution is 2.19. The first-order chi connectivity index (χ1) is 9.10. The van der Waals surface area contributed by atoms with Gasteiger partial charge in [-0.25, -0.2) is 9.79 Å². The Morgan fingerprint density at radius 1 is 1.68 bits per heavy atom. The summed E-state index contributed by atoms with van der Waals surface area (Å²) in [5.74, 6) is 0.326. The normalized spacial score (nSPS) is 23.1. The SMILES string of the molecule is CN(C)/C=N/c1ccn(C2COC(CO)O2)c(=O)n1. The van der Waals surface area contributed by atoms with Crippen LogP contribution < -0.4 is 5.69 Å². The summed E-state index contributed by atoms with van der Waals surface area (Å²) in [5.41, 5.74) is -0.472. The van der Waals surface area contributed by atoms with Gasteiger partial charge in [-0.3, -0.25) is 4.57 Å². The van der Waals surface area contributed by atoms with Gasteiger partial charge in [0.05, 0.1) is 19.6 Å². The lowest BCUT2D eigenvalue weighted by atomic mass is 10.5. The number of ether oxygens (including phenoxy) is 2. The zero-order chi connectivity index (χ0) is 13.8. The van der Waals surface area contributed by atoms with Crippen molar-refractivity contribution in [2.24, 2.45) is 4.99 Å². The lowest BCUT2D eigenvalue weighted by molar-refractivity contribution is -0.0992. The summed E-state index contributed by atoms with van der Waals surface area (Å²) in [5, 5.41) is 8.89. The van der Waals surface area contributed by atoms with E-state index < -0.39 is 18.2 Å². The Balaban J connectivity index is 2.14. The number of hydrogen-bond acceptors (Lipinski definition) is 6. The molecule has 0 aliphatic carbocycles. The highest BCUT2D eigenvalue weighted by atomic mass is 16.7. The summed E-state index contributed by atoms with van der Waals surface area (Å²) in [4.78, 5) is 21.4. The lowest BCUT2D eigenvalue weighted by Crippen LogP contribution is -2.28. The van der Waals surface area contributed by atoms with Crippen molar-refractivity contribution in [2.45, 2.75) is 12.5 Å². The number of aliphatic hydroxyl groups excluding tert-OH is 1. The molecule has 2 unspecified atom stereocenters. The van der Waals surface area contributed by atoms with Crippen molar-refractivity contribution >= 4 is 12.2 Å². The molecule has 19 heavy (non-hydrogen) atoms. The van der Waals surface area contributed by atoms with Crippen LogP contribution in [0.1, 0.15) is 6.23 Å². The zero-order valence-electron chi connectivity index (χ0n) is 10.8. The number of rotatable bonds is 4. The molecule has 0 aromatic carbocycles. The molecule has 1 aromatic heterocycles. The van der Waals surface area contributed by atoms with Crippen LogP contribution in [0.2, 0.25) is 0 Å². The van der Waals surface area contributed by atoms with Gasteiger partial charge in [0.1, 0.15) is 0 Å². The maximum atomic E-state index is 11.8. The first kappa shape index (κ1) is 13.7. The fraction of sp³-hybridized carbons (Fsp3) is 0.545. The highest BCUT2D eigenvalue weighted by Gasteiger charge is 2.27. The van der Waals surface area contributed by atoms with E-state index in [0.717, 1.165) is 0 Å². The molecule has 1 aliphatic heterocycles. The Labute approximate surface area is 109 Å². The van der Waals surface area contributed by atoms with Crippen LogP contribution in [0, 0.1) is 0 Å². The molecule has 2 rings (SSSR count). The van der Waals surface area contributed by atoms with E-state index in [9.17, 15) is 4.79 Å². The molecule has 8 nitrogen and oxygen atoms in total. The molecule has 1 fully saturated rings. The van der Waals surface area contributed by atoms with E-state index in [0.29, 0.717) is 5.82 Å². The van der Waals surface area contributed by atoms with Crippen molar-refractivity contribution in [3.63, 3.8) is 0 Å². The van der Waals surface area contributed by atoms with Crippen LogP contribution in [0.5, 0.6) is 0 Å². The third kappa shape index (κ3) is 3.37. The molecule has 0 radical (unpaired) electrons. The largest absolute Gasteiger partial charge is 0.391 e. The van der Waals surface area contributed by atoms with Gasteiger partial charge >= 0.3 is 5.69 Å². The van der Waals surface area contributed by atoms with E-state index in [-0.39, 0.29) is 13.2 Å². The van der Waals surface area contributed by atoms with Crippen molar-refractivity contribution in [1.82, 2.24) is 14.5 Å². The van der Waals surface area contributed by atoms with Gasteiger partial charge in [0.15, 0.2) is 18.3 Å². The minimum atomic E-state index is -0.691. The Morgan fingerprint density at radius 3 is 3.05 bits per heavy atom. The van der Waals surface area contributed by atoms with E-state index in [1.807, 2.05) is 14.1 Å². The molecule has 0 bridgehead atoms. The Morgan fingerprint density at radius 2 is 2.47 bits per heavy atom. The van der Waals surface area contributed by atoms with Crippen molar-refractivity contribution in [2.75, 3.05) is 27.3 Å². The van der Waals surface area contributed by atoms with Crippen LogP contribution in [0.4, 0.5) is 5.82 Å². The van der Waals surface area contributed by atoms with Crippen molar-refractivity contribution in [3.05, 3.63) is 22.7 Å². The molecule has 0 saturated carbocycles. The van der Waals surface area contributed by atoms with Crippen LogP contribution in [0.15, 0.2) is 22.1 Å². The summed E-state index contributed by atoms with van der Waals surface area (Å²) in [6, 6.07) is 1.61. The maximum Gasteiger partial charge on any atom is 0.351 e. The monoisotopic (exact) mass is 268 g/mol. The predicted octanol–water partition coefficient (Wildman–Crippen LogP) is -0.671. The first-order valence-electron chi connectivity index (χ1n) is 5.78. The summed E-state index contributed by atoms with van der Waals surface area (Å²) in [6.45, 7) is -0.0446. The first-order valence-corrected chi connectivity index (χ1v) is 5.78. The van der Waals surface area contributed by atoms with Gasteiger partial charge in [-0.15, -0.1) is 0 Å². The molecule has 0 amide bonds. The molecule has 0 spiro atoms. The third-order valence-corrected chi connectivity index (χ3v) is 2.43. The van der Waals surface area contributed by atoms with Crippen LogP contribution in [0.25, 0.3) is 0 Å². The number of hydrogen-bond donors (Lipinski definition) is 1. The molecule has 2 atom stereocenters. The highest BCUT2D eigenvalue weighted by molar-refractivity contribution is 5.58. The third-order valence-electron chi connectivity index (χ3n) is 2.43. The number of aromatic nitrogens is 2. The predicted molar refractivity (Wildman–Crippen MR) is 67.3 cm³/mol. The van der Waals surface area contributed by atoms with Crippen molar-refractivity contribution < 1.29 is 14.6 Å². The number of nitrogens with zero attached hydrogens (tertiary/aromatic N) is 4. The fourth-order valence-electron chi connectivity index (χ4n) is 1.55. The average Bonchev–Trinajstić information content (AvgIpc) is 2.85. The van der Waals surface area contributed by atoms with E-state index in [4.69, 9.17) is 14.6 Å². The van der Waals surface area contributed by atoms with Gasteiger partial charge in [0.25, 0.3) is 0 Å². The van der Waals surface area contributed by atoms with Crippen LogP contribution in [-0.4, -0.2) is 59.5 Å². The standard InChI is InChI=1S/C11H16N4O4/c1-14(2)7-12-8-3-4-15(11(17)13-8)9-6-18-10(5-16)19-9/h3-4,7,9-10,16H,5-6H2,1-2H3/b12-7+. The van der Waals surface area contributed by atoms with Gasteiger partial charge in [-0.1, -0.05) is 0 Å². The molecular weight excluding hydrogens is 252 g/mol. The van der Waals surface area contributed by atoms with Gasteiger partial charge < -0.3 is 19.5 Å². The quantitative estimate of drug-likeness (QED) is 0.575. The summed E-state index contributed by atoms with van der Waals surface area (Å²) in [7, 11) is 3.65. The molecule has 1 N–H and O–H groups in total. The topological polar surface area (TPSA) is 89.2 Å². The van der Waals surface area contributed by atoms with Gasteiger partial charge in [-0.2, -0.15) is 4.98 Å². The van der Waals surface area contributed by atoms with E-state index in [2.05, 4.69) is 9.98 Å². The Hall–Kier alpha value is -1.77. The molecule has 8 heteroatoms. The molecule has 1 aromatic rings. The van der Waals surface area contributed by atoms with E-state index in [1.165, 1.54) is 4.57 Å². The smallest absolute Gasteiger partial charge is 0.351 e. The summed E-state index contributed by atoms with van der Waals surface area (Å²) < 4.78 is 11.8. The van der Waals surface area contributed by atoms with Gasteiger partial charge in [0, 0.05) is 20.3 Å². The summed E-state index contributed by atoms with van der Waals surface area (Å²) >= 11 is 0. The second kappa shape index (κ2) is 5.91. The molecule has 104 valence electrons. The van der Waals surface area contributed by atoms with Crippen LogP contribution in [-0.2, 0) is 9.47 Å². The maximum absolute atomic E-state index is 11.8. The molecular formula is C11H16N4O4. The average molecular weight is 268 g/mol. The van der Waals surface area contributed by atoms with Crippen molar-refractivity contribution in [1.29, 1.82) is 0 Å². The molecule has 2 heterocycles. The second-order valence-electron chi connectivity index (χ2n) is 4.22. The number of aliphatic hydroxyl groups is 1. The molecule has 1 saturated heterocycles. The van der Waals surface area contributed by atoms with Crippen LogP contribution in [0.3, 0.4) is 0 Å². The molecule has 1 aliphatic rings. The van der Waals surface area contributed by atoms with Crippen LogP contribution >= 0.6 is 0 Å². The van der Waals surface area contributed by atoms with E-state index in [1.54, 1.807) is 23.5 Å². The Kier molecular flexibility index (Phi) is 4.25. The minimum Gasteiger partial charge on any atom is -0.391 e. The zero-order valence-corrected chi connectivity index (χ0v) is 10.8. The van der Waals surface area contributed by atoms with Gasteiger partial charge in [0.2, 0.25) is 0 Å². The van der Waals surface area contributed by atoms with Gasteiger partial charge in [-0.05, 0) is 6.07 Å². The van der Waals surface area contributed by atoms with E-state index >= 15 is 0 Å². The second-order valence-corrected chi connectivity index (χ2v) is 4.22.